The van der Waals surface area contributed by atoms with E-state index in [1.54, 1.807) is 13.8 Å². The monoisotopic (exact) mass is 448 g/mol. The first-order valence-electron chi connectivity index (χ1n) is 12.9. The van der Waals surface area contributed by atoms with E-state index in [4.69, 9.17) is 15.1 Å². The van der Waals surface area contributed by atoms with Gasteiger partial charge in [0.05, 0.1) is 14.9 Å². The van der Waals surface area contributed by atoms with Gasteiger partial charge in [-0.15, -0.1) is 0 Å². The second-order valence-electron chi connectivity index (χ2n) is 9.17. The van der Waals surface area contributed by atoms with Gasteiger partial charge in [-0.25, -0.2) is 4.85 Å². The molecule has 0 atom stereocenters. The SMILES string of the molecule is [2H]c1c(C([2H])(C)C)c([2H])c(-c2c(C)ccc3c2oc2c(-c4ccc(C)cc4)c([N+]#[C-])ccc23)[n+](C)c1C. The van der Waals surface area contributed by atoms with Crippen LogP contribution in [0.3, 0.4) is 0 Å². The zero-order valence-electron chi connectivity index (χ0n) is 23.4. The van der Waals surface area contributed by atoms with Gasteiger partial charge in [0.1, 0.15) is 18.2 Å². The van der Waals surface area contributed by atoms with E-state index in [9.17, 15) is 0 Å². The fourth-order valence-electron chi connectivity index (χ4n) is 4.52. The largest absolute Gasteiger partial charge is 0.456 e. The van der Waals surface area contributed by atoms with E-state index in [0.717, 1.165) is 38.6 Å². The van der Waals surface area contributed by atoms with E-state index in [2.05, 4.69) is 4.85 Å². The van der Waals surface area contributed by atoms with Gasteiger partial charge >= 0.3 is 0 Å². The van der Waals surface area contributed by atoms with Gasteiger partial charge in [-0.2, -0.15) is 4.57 Å². The van der Waals surface area contributed by atoms with Crippen molar-refractivity contribution in [3.63, 3.8) is 0 Å². The van der Waals surface area contributed by atoms with Crippen LogP contribution in [0.1, 0.15) is 46.2 Å². The molecule has 0 aliphatic rings. The summed E-state index contributed by atoms with van der Waals surface area (Å²) in [7, 11) is 1.86. The second kappa shape index (κ2) is 8.15. The predicted octanol–water partition coefficient (Wildman–Crippen LogP) is 8.34. The van der Waals surface area contributed by atoms with Gasteiger partial charge in [0.2, 0.25) is 5.69 Å². The Morgan fingerprint density at radius 2 is 1.56 bits per heavy atom. The molecule has 3 nitrogen and oxygen atoms in total. The summed E-state index contributed by atoms with van der Waals surface area (Å²) in [4.78, 5) is 3.79. The number of hydrogen-bond acceptors (Lipinski definition) is 1. The molecule has 168 valence electrons. The standard InChI is InChI=1S/C31H29N2O/c1-18(2)23-16-21(5)33(7)27(17-23)28-20(4)10-13-24-25-14-15-26(32-6)29(31(25)34-30(24)28)22-11-8-19(3)9-12-22/h8-18H,1-5,7H3/q+1/i16D,17D,18D. The third-order valence-corrected chi connectivity index (χ3v) is 6.58. The Hall–Kier alpha value is -3.90. The topological polar surface area (TPSA) is 21.4 Å². The van der Waals surface area contributed by atoms with E-state index in [1.807, 2.05) is 80.9 Å². The molecule has 0 bridgehead atoms. The third kappa shape index (κ3) is 3.38. The van der Waals surface area contributed by atoms with Crippen LogP contribution in [0.15, 0.2) is 65.0 Å². The fourth-order valence-corrected chi connectivity index (χ4v) is 4.52. The van der Waals surface area contributed by atoms with Crippen LogP contribution < -0.4 is 4.57 Å². The lowest BCUT2D eigenvalue weighted by Gasteiger charge is -2.11. The molecule has 0 spiro atoms. The maximum Gasteiger partial charge on any atom is 0.216 e. The molecule has 5 rings (SSSR count). The molecule has 0 N–H and O–H groups in total. The van der Waals surface area contributed by atoms with E-state index in [0.29, 0.717) is 33.8 Å². The number of rotatable bonds is 3. The molecule has 5 aromatic rings. The first-order chi connectivity index (χ1) is 17.5. The summed E-state index contributed by atoms with van der Waals surface area (Å²) >= 11 is 0. The number of fused-ring (bicyclic) bond motifs is 3. The van der Waals surface area contributed by atoms with Gasteiger partial charge < -0.3 is 4.42 Å². The maximum atomic E-state index is 9.14. The number of nitrogens with zero attached hydrogens (tertiary/aromatic N) is 2. The number of aromatic nitrogens is 1. The summed E-state index contributed by atoms with van der Waals surface area (Å²) in [6, 6.07) is 16.3. The molecule has 0 unspecified atom stereocenters. The van der Waals surface area contributed by atoms with E-state index >= 15 is 0 Å². The number of pyridine rings is 1. The highest BCUT2D eigenvalue weighted by molar-refractivity contribution is 6.15. The Labute approximate surface area is 205 Å². The van der Waals surface area contributed by atoms with Crippen LogP contribution in [-0.2, 0) is 7.05 Å². The lowest BCUT2D eigenvalue weighted by atomic mass is 9.95. The zero-order chi connectivity index (χ0) is 26.8. The van der Waals surface area contributed by atoms with E-state index in [1.165, 1.54) is 0 Å². The third-order valence-electron chi connectivity index (χ3n) is 6.58. The molecule has 3 aromatic carbocycles. The Balaban J connectivity index is 1.94. The molecule has 0 saturated carbocycles. The molecule has 0 fully saturated rings. The maximum absolute atomic E-state index is 9.14. The van der Waals surface area contributed by atoms with E-state index < -0.39 is 5.89 Å². The van der Waals surface area contributed by atoms with Crippen LogP contribution in [0, 0.1) is 27.3 Å². The van der Waals surface area contributed by atoms with Crippen molar-refractivity contribution in [2.75, 3.05) is 0 Å². The van der Waals surface area contributed by atoms with Gasteiger partial charge in [0, 0.05) is 36.7 Å². The van der Waals surface area contributed by atoms with Crippen LogP contribution in [0.2, 0.25) is 0 Å². The number of hydrogen-bond donors (Lipinski definition) is 0. The molecular weight excluding hydrogens is 416 g/mol. The Kier molecular flexibility index (Phi) is 4.44. The van der Waals surface area contributed by atoms with Crippen molar-refractivity contribution in [2.45, 2.75) is 40.5 Å². The van der Waals surface area contributed by atoms with Crippen molar-refractivity contribution in [2.24, 2.45) is 7.05 Å². The smallest absolute Gasteiger partial charge is 0.216 e. The molecular formula is C31H29N2O+. The van der Waals surface area contributed by atoms with Crippen LogP contribution >= 0.6 is 0 Å². The first kappa shape index (κ1) is 18.5. The molecule has 0 saturated heterocycles. The highest BCUT2D eigenvalue weighted by Crippen LogP contribution is 2.44. The molecule has 0 radical (unpaired) electrons. The van der Waals surface area contributed by atoms with Gasteiger partial charge in [0.15, 0.2) is 11.4 Å². The molecule has 0 aliphatic carbocycles. The number of furan rings is 1. The summed E-state index contributed by atoms with van der Waals surface area (Å²) in [5.41, 5.74) is 8.01. The highest BCUT2D eigenvalue weighted by atomic mass is 16.3. The summed E-state index contributed by atoms with van der Waals surface area (Å²) < 4.78 is 35.0. The molecule has 2 heterocycles. The summed E-state index contributed by atoms with van der Waals surface area (Å²) in [5, 5.41) is 1.81. The Bertz CT molecular complexity index is 1770. The Morgan fingerprint density at radius 3 is 2.21 bits per heavy atom. The van der Waals surface area contributed by atoms with Crippen LogP contribution in [-0.4, -0.2) is 0 Å². The van der Waals surface area contributed by atoms with Crippen molar-refractivity contribution in [3.05, 3.63) is 94.4 Å². The molecule has 34 heavy (non-hydrogen) atoms. The minimum atomic E-state index is -1.11. The minimum absolute atomic E-state index is 0.162. The van der Waals surface area contributed by atoms with Crippen molar-refractivity contribution >= 4 is 27.6 Å². The minimum Gasteiger partial charge on any atom is -0.456 e. The predicted molar refractivity (Wildman–Crippen MR) is 140 cm³/mol. The van der Waals surface area contributed by atoms with Crippen molar-refractivity contribution in [3.8, 4) is 22.4 Å². The van der Waals surface area contributed by atoms with Crippen molar-refractivity contribution in [1.29, 1.82) is 0 Å². The normalized spacial score (nSPS) is 13.0. The van der Waals surface area contributed by atoms with Crippen LogP contribution in [0.4, 0.5) is 5.69 Å². The van der Waals surface area contributed by atoms with Gasteiger partial charge in [-0.1, -0.05) is 67.9 Å². The lowest BCUT2D eigenvalue weighted by Crippen LogP contribution is -2.35. The van der Waals surface area contributed by atoms with Crippen molar-refractivity contribution < 1.29 is 13.1 Å². The number of aryl methyl sites for hydroxylation is 2. The van der Waals surface area contributed by atoms with Crippen LogP contribution in [0.25, 0.3) is 49.2 Å². The summed E-state index contributed by atoms with van der Waals surface area (Å²) in [6.07, 6.45) is 0. The molecule has 0 amide bonds. The lowest BCUT2D eigenvalue weighted by molar-refractivity contribution is -0.666. The average Bonchev–Trinajstić information content (AvgIpc) is 3.22. The van der Waals surface area contributed by atoms with E-state index in [-0.39, 0.29) is 12.1 Å². The second-order valence-corrected chi connectivity index (χ2v) is 9.17. The fraction of sp³-hybridized carbons (Fsp3) is 0.226. The average molecular weight is 449 g/mol. The van der Waals surface area contributed by atoms with Crippen LogP contribution in [0.5, 0.6) is 0 Å². The van der Waals surface area contributed by atoms with Gasteiger partial charge in [-0.05, 0) is 36.4 Å². The van der Waals surface area contributed by atoms with Crippen molar-refractivity contribution in [1.82, 2.24) is 0 Å². The molecule has 3 heteroatoms. The van der Waals surface area contributed by atoms with Gasteiger partial charge in [-0.3, -0.25) is 0 Å². The molecule has 2 aromatic heterocycles. The summed E-state index contributed by atoms with van der Waals surface area (Å²) in [6.45, 7) is 17.1. The first-order valence-corrected chi connectivity index (χ1v) is 11.4. The summed E-state index contributed by atoms with van der Waals surface area (Å²) in [5.74, 6) is -1.11. The van der Waals surface area contributed by atoms with Gasteiger partial charge in [0.25, 0.3) is 0 Å². The highest BCUT2D eigenvalue weighted by Gasteiger charge is 2.24. The molecule has 0 aliphatic heterocycles. The zero-order valence-corrected chi connectivity index (χ0v) is 20.4. The number of benzene rings is 3. The quantitative estimate of drug-likeness (QED) is 0.201. The Morgan fingerprint density at radius 1 is 0.912 bits per heavy atom.